The van der Waals surface area contributed by atoms with E-state index < -0.39 is 0 Å². The van der Waals surface area contributed by atoms with Crippen molar-refractivity contribution < 1.29 is 9.59 Å². The lowest BCUT2D eigenvalue weighted by atomic mass is 10.1. The number of carbonyl (C=O) groups excluding carboxylic acids is 2. The van der Waals surface area contributed by atoms with E-state index in [1.54, 1.807) is 11.9 Å². The van der Waals surface area contributed by atoms with Crippen LogP contribution in [-0.4, -0.2) is 72.8 Å². The molecule has 2 aliphatic rings. The predicted molar refractivity (Wildman–Crippen MR) is 88.9 cm³/mol. The standard InChI is InChI=1S/C18H25N3O2/c1-19-14-16(13-17(19)22)18(23)21-11-9-20(10-12-21)8-7-15-5-3-2-4-6-15/h2-6,16H,7-14H2,1H3/t16-/m0/s1. The van der Waals surface area contributed by atoms with Crippen LogP contribution in [0.25, 0.3) is 0 Å². The van der Waals surface area contributed by atoms with Gasteiger partial charge in [0.2, 0.25) is 11.8 Å². The summed E-state index contributed by atoms with van der Waals surface area (Å²) >= 11 is 0. The quantitative estimate of drug-likeness (QED) is 0.827. The Labute approximate surface area is 137 Å². The second-order valence-electron chi connectivity index (χ2n) is 6.58. The first-order chi connectivity index (χ1) is 11.1. The van der Waals surface area contributed by atoms with Crippen molar-refractivity contribution in [3.63, 3.8) is 0 Å². The number of benzene rings is 1. The molecule has 0 aliphatic carbocycles. The van der Waals surface area contributed by atoms with E-state index >= 15 is 0 Å². The number of carbonyl (C=O) groups is 2. The van der Waals surface area contributed by atoms with Crippen molar-refractivity contribution in [2.75, 3.05) is 46.3 Å². The van der Waals surface area contributed by atoms with Gasteiger partial charge in [0.25, 0.3) is 0 Å². The Morgan fingerprint density at radius 2 is 1.83 bits per heavy atom. The van der Waals surface area contributed by atoms with Crippen molar-refractivity contribution in [1.82, 2.24) is 14.7 Å². The average Bonchev–Trinajstić information content (AvgIpc) is 2.93. The Kier molecular flexibility index (Phi) is 4.96. The van der Waals surface area contributed by atoms with Gasteiger partial charge >= 0.3 is 0 Å². The number of piperazine rings is 1. The highest BCUT2D eigenvalue weighted by Crippen LogP contribution is 2.19. The molecule has 1 atom stereocenters. The number of hydrogen-bond acceptors (Lipinski definition) is 3. The minimum Gasteiger partial charge on any atom is -0.345 e. The van der Waals surface area contributed by atoms with Gasteiger partial charge in [-0.15, -0.1) is 0 Å². The van der Waals surface area contributed by atoms with Gasteiger partial charge in [0.1, 0.15) is 0 Å². The van der Waals surface area contributed by atoms with Gasteiger partial charge in [-0.2, -0.15) is 0 Å². The summed E-state index contributed by atoms with van der Waals surface area (Å²) in [7, 11) is 1.77. The van der Waals surface area contributed by atoms with E-state index in [2.05, 4.69) is 29.2 Å². The number of amides is 2. The fourth-order valence-corrected chi connectivity index (χ4v) is 3.41. The van der Waals surface area contributed by atoms with Crippen molar-refractivity contribution in [3.8, 4) is 0 Å². The summed E-state index contributed by atoms with van der Waals surface area (Å²) in [6.07, 6.45) is 1.43. The zero-order valence-corrected chi connectivity index (χ0v) is 13.8. The first kappa shape index (κ1) is 16.0. The molecule has 0 saturated carbocycles. The van der Waals surface area contributed by atoms with Crippen molar-refractivity contribution in [3.05, 3.63) is 35.9 Å². The zero-order valence-electron chi connectivity index (χ0n) is 13.8. The number of nitrogens with zero attached hydrogens (tertiary/aromatic N) is 3. The molecule has 2 fully saturated rings. The molecular formula is C18H25N3O2. The Balaban J connectivity index is 1.43. The third-order valence-corrected chi connectivity index (χ3v) is 4.93. The topological polar surface area (TPSA) is 43.9 Å². The molecule has 0 unspecified atom stereocenters. The van der Waals surface area contributed by atoms with Gasteiger partial charge in [-0.05, 0) is 12.0 Å². The summed E-state index contributed by atoms with van der Waals surface area (Å²) in [5.41, 5.74) is 1.36. The second kappa shape index (κ2) is 7.13. The van der Waals surface area contributed by atoms with Gasteiger partial charge in [-0.25, -0.2) is 0 Å². The monoisotopic (exact) mass is 315 g/mol. The maximum atomic E-state index is 12.5. The van der Waals surface area contributed by atoms with E-state index in [1.807, 2.05) is 11.0 Å². The molecule has 0 aromatic heterocycles. The number of hydrogen-bond donors (Lipinski definition) is 0. The van der Waals surface area contributed by atoms with E-state index in [0.717, 1.165) is 39.1 Å². The van der Waals surface area contributed by atoms with Crippen LogP contribution in [0.5, 0.6) is 0 Å². The molecule has 2 aliphatic heterocycles. The Bertz CT molecular complexity index is 553. The van der Waals surface area contributed by atoms with E-state index in [-0.39, 0.29) is 17.7 Å². The lowest BCUT2D eigenvalue weighted by molar-refractivity contribution is -0.137. The molecule has 2 saturated heterocycles. The fourth-order valence-electron chi connectivity index (χ4n) is 3.41. The summed E-state index contributed by atoms with van der Waals surface area (Å²) in [5, 5.41) is 0. The minimum absolute atomic E-state index is 0.0878. The molecular weight excluding hydrogens is 290 g/mol. The molecule has 0 bridgehead atoms. The van der Waals surface area contributed by atoms with Gasteiger partial charge in [0.15, 0.2) is 0 Å². The van der Waals surface area contributed by atoms with Crippen LogP contribution in [0.3, 0.4) is 0 Å². The van der Waals surface area contributed by atoms with Gasteiger partial charge in [-0.1, -0.05) is 30.3 Å². The van der Waals surface area contributed by atoms with Crippen molar-refractivity contribution in [1.29, 1.82) is 0 Å². The van der Waals surface area contributed by atoms with Crippen LogP contribution in [0.2, 0.25) is 0 Å². The van der Waals surface area contributed by atoms with Crippen LogP contribution in [0.15, 0.2) is 30.3 Å². The smallest absolute Gasteiger partial charge is 0.228 e. The lowest BCUT2D eigenvalue weighted by Gasteiger charge is -2.35. The molecule has 2 amide bonds. The maximum absolute atomic E-state index is 12.5. The number of rotatable bonds is 4. The van der Waals surface area contributed by atoms with Crippen molar-refractivity contribution in [2.45, 2.75) is 12.8 Å². The molecule has 1 aromatic carbocycles. The molecule has 3 rings (SSSR count). The van der Waals surface area contributed by atoms with Crippen molar-refractivity contribution in [2.24, 2.45) is 5.92 Å². The molecule has 0 spiro atoms. The van der Waals surface area contributed by atoms with Gasteiger partial charge < -0.3 is 9.80 Å². The van der Waals surface area contributed by atoms with Crippen molar-refractivity contribution >= 4 is 11.8 Å². The maximum Gasteiger partial charge on any atom is 0.228 e. The summed E-state index contributed by atoms with van der Waals surface area (Å²) in [6, 6.07) is 10.5. The average molecular weight is 315 g/mol. The largest absolute Gasteiger partial charge is 0.345 e. The van der Waals surface area contributed by atoms with Crippen LogP contribution in [-0.2, 0) is 16.0 Å². The SMILES string of the molecule is CN1C[C@@H](C(=O)N2CCN(CCc3ccccc3)CC2)CC1=O. The molecule has 5 nitrogen and oxygen atoms in total. The van der Waals surface area contributed by atoms with E-state index in [1.165, 1.54) is 5.56 Å². The van der Waals surface area contributed by atoms with Crippen LogP contribution in [0, 0.1) is 5.92 Å². The van der Waals surface area contributed by atoms with E-state index in [9.17, 15) is 9.59 Å². The minimum atomic E-state index is -0.136. The zero-order chi connectivity index (χ0) is 16.2. The third kappa shape index (κ3) is 3.91. The van der Waals surface area contributed by atoms with Crippen LogP contribution in [0.1, 0.15) is 12.0 Å². The Hall–Kier alpha value is -1.88. The van der Waals surface area contributed by atoms with E-state index in [4.69, 9.17) is 0 Å². The molecule has 0 N–H and O–H groups in total. The Morgan fingerprint density at radius 1 is 1.13 bits per heavy atom. The van der Waals surface area contributed by atoms with E-state index in [0.29, 0.717) is 13.0 Å². The molecule has 5 heteroatoms. The summed E-state index contributed by atoms with van der Waals surface area (Å²) in [4.78, 5) is 30.1. The van der Waals surface area contributed by atoms with Crippen LogP contribution in [0.4, 0.5) is 0 Å². The molecule has 2 heterocycles. The molecule has 1 aromatic rings. The lowest BCUT2D eigenvalue weighted by Crippen LogP contribution is -2.50. The summed E-state index contributed by atoms with van der Waals surface area (Å²) < 4.78 is 0. The van der Waals surface area contributed by atoms with Crippen LogP contribution >= 0.6 is 0 Å². The molecule has 23 heavy (non-hydrogen) atoms. The normalized spacial score (nSPS) is 22.7. The molecule has 0 radical (unpaired) electrons. The van der Waals surface area contributed by atoms with Gasteiger partial charge in [0, 0.05) is 52.7 Å². The second-order valence-corrected chi connectivity index (χ2v) is 6.58. The molecule has 124 valence electrons. The van der Waals surface area contributed by atoms with Crippen LogP contribution < -0.4 is 0 Å². The van der Waals surface area contributed by atoms with Gasteiger partial charge in [-0.3, -0.25) is 14.5 Å². The number of likely N-dealkylation sites (tertiary alicyclic amines) is 1. The first-order valence-corrected chi connectivity index (χ1v) is 8.42. The summed E-state index contributed by atoms with van der Waals surface area (Å²) in [6.45, 7) is 5.02. The van der Waals surface area contributed by atoms with Gasteiger partial charge in [0.05, 0.1) is 5.92 Å². The highest BCUT2D eigenvalue weighted by atomic mass is 16.2. The highest BCUT2D eigenvalue weighted by Gasteiger charge is 2.35. The Morgan fingerprint density at radius 3 is 2.43 bits per heavy atom. The predicted octanol–water partition coefficient (Wildman–Crippen LogP) is 0.852. The summed E-state index contributed by atoms with van der Waals surface area (Å²) in [5.74, 6) is 0.110. The third-order valence-electron chi connectivity index (χ3n) is 4.93. The first-order valence-electron chi connectivity index (χ1n) is 8.42. The fraction of sp³-hybridized carbons (Fsp3) is 0.556. The highest BCUT2D eigenvalue weighted by molar-refractivity contribution is 5.89.